The van der Waals surface area contributed by atoms with Crippen LogP contribution < -0.4 is 14.8 Å². The average Bonchev–Trinajstić information content (AvgIpc) is 2.54. The van der Waals surface area contributed by atoms with E-state index in [1.807, 2.05) is 24.3 Å². The summed E-state index contributed by atoms with van der Waals surface area (Å²) in [7, 11) is 3.30. The summed E-state index contributed by atoms with van der Waals surface area (Å²) in [4.78, 5) is 8.36. The topological polar surface area (TPSA) is 65.5 Å². The van der Waals surface area contributed by atoms with E-state index in [-0.39, 0.29) is 0 Å². The monoisotopic (exact) mass is 289 g/mol. The van der Waals surface area contributed by atoms with E-state index in [0.29, 0.717) is 24.9 Å². The van der Waals surface area contributed by atoms with Crippen LogP contribution in [-0.4, -0.2) is 37.3 Å². The molecule has 112 valence electrons. The van der Waals surface area contributed by atoms with Gasteiger partial charge in [-0.05, 0) is 24.3 Å². The number of methoxy groups -OCH3 is 2. The zero-order valence-corrected chi connectivity index (χ0v) is 12.2. The number of rotatable bonds is 8. The van der Waals surface area contributed by atoms with Crippen LogP contribution in [0.15, 0.2) is 36.7 Å². The molecule has 1 heterocycles. The van der Waals surface area contributed by atoms with Crippen LogP contribution in [0.25, 0.3) is 0 Å². The summed E-state index contributed by atoms with van der Waals surface area (Å²) >= 11 is 0. The van der Waals surface area contributed by atoms with Crippen LogP contribution in [0.1, 0.15) is 5.56 Å². The Morgan fingerprint density at radius 2 is 1.67 bits per heavy atom. The molecule has 0 aliphatic rings. The normalized spacial score (nSPS) is 10.4. The Hall–Kier alpha value is -2.18. The zero-order valence-electron chi connectivity index (χ0n) is 12.2. The second-order valence-corrected chi connectivity index (χ2v) is 4.32. The molecule has 21 heavy (non-hydrogen) atoms. The first-order valence-electron chi connectivity index (χ1n) is 6.64. The van der Waals surface area contributed by atoms with Crippen molar-refractivity contribution in [2.75, 3.05) is 27.4 Å². The maximum absolute atomic E-state index is 5.56. The number of hydrogen-bond acceptors (Lipinski definition) is 6. The van der Waals surface area contributed by atoms with Gasteiger partial charge >= 0.3 is 6.01 Å². The van der Waals surface area contributed by atoms with Gasteiger partial charge in [-0.2, -0.15) is 0 Å². The molecule has 0 unspecified atom stereocenters. The van der Waals surface area contributed by atoms with Crippen molar-refractivity contribution in [3.8, 4) is 17.5 Å². The van der Waals surface area contributed by atoms with Crippen molar-refractivity contribution in [3.63, 3.8) is 0 Å². The van der Waals surface area contributed by atoms with Gasteiger partial charge in [0.05, 0.1) is 13.7 Å². The fourth-order valence-electron chi connectivity index (χ4n) is 1.64. The Labute approximate surface area is 124 Å². The third-order valence-electron chi connectivity index (χ3n) is 2.76. The molecule has 6 nitrogen and oxygen atoms in total. The molecule has 0 bridgehead atoms. The van der Waals surface area contributed by atoms with Crippen molar-refractivity contribution in [1.29, 1.82) is 0 Å². The lowest BCUT2D eigenvalue weighted by Gasteiger charge is -2.06. The first-order valence-corrected chi connectivity index (χ1v) is 6.64. The number of aromatic nitrogens is 2. The minimum atomic E-state index is 0.320. The summed E-state index contributed by atoms with van der Waals surface area (Å²) in [6.45, 7) is 2.17. The SMILES string of the molecule is COCCNCc1cnc(Oc2ccc(OC)cc2)nc1. The Morgan fingerprint density at radius 1 is 1.00 bits per heavy atom. The Morgan fingerprint density at radius 3 is 2.29 bits per heavy atom. The van der Waals surface area contributed by atoms with Crippen LogP contribution in [0.5, 0.6) is 17.5 Å². The molecule has 6 heteroatoms. The van der Waals surface area contributed by atoms with Crippen LogP contribution in [0.2, 0.25) is 0 Å². The zero-order chi connectivity index (χ0) is 14.9. The van der Waals surface area contributed by atoms with Crippen molar-refractivity contribution < 1.29 is 14.2 Å². The molecule has 2 aromatic rings. The molecule has 0 spiro atoms. The second kappa shape index (κ2) is 8.18. The quantitative estimate of drug-likeness (QED) is 0.750. The summed E-state index contributed by atoms with van der Waals surface area (Å²) in [5, 5.41) is 3.22. The van der Waals surface area contributed by atoms with Gasteiger partial charge in [0.25, 0.3) is 0 Å². The highest BCUT2D eigenvalue weighted by atomic mass is 16.5. The number of nitrogens with zero attached hydrogens (tertiary/aromatic N) is 2. The molecular formula is C15H19N3O3. The molecule has 0 fully saturated rings. The maximum Gasteiger partial charge on any atom is 0.321 e. The number of nitrogens with one attached hydrogen (secondary N) is 1. The molecule has 0 radical (unpaired) electrons. The summed E-state index contributed by atoms with van der Waals surface area (Å²) in [6.07, 6.45) is 3.48. The molecule has 0 saturated heterocycles. The van der Waals surface area contributed by atoms with E-state index in [1.54, 1.807) is 26.6 Å². The van der Waals surface area contributed by atoms with Crippen molar-refractivity contribution in [1.82, 2.24) is 15.3 Å². The lowest BCUT2D eigenvalue weighted by atomic mass is 10.3. The Balaban J connectivity index is 1.86. The van der Waals surface area contributed by atoms with Crippen LogP contribution in [-0.2, 0) is 11.3 Å². The van der Waals surface area contributed by atoms with Gasteiger partial charge in [-0.25, -0.2) is 9.97 Å². The fourth-order valence-corrected chi connectivity index (χ4v) is 1.64. The lowest BCUT2D eigenvalue weighted by Crippen LogP contribution is -2.18. The second-order valence-electron chi connectivity index (χ2n) is 4.32. The van der Waals surface area contributed by atoms with E-state index in [1.165, 1.54) is 0 Å². The highest BCUT2D eigenvalue weighted by Gasteiger charge is 2.01. The summed E-state index contributed by atoms with van der Waals surface area (Å²) < 4.78 is 15.6. The highest BCUT2D eigenvalue weighted by Crippen LogP contribution is 2.20. The number of ether oxygens (including phenoxy) is 3. The summed E-state index contributed by atoms with van der Waals surface area (Å²) in [5.41, 5.74) is 0.994. The van der Waals surface area contributed by atoms with Crippen LogP contribution >= 0.6 is 0 Å². The van der Waals surface area contributed by atoms with E-state index in [4.69, 9.17) is 14.2 Å². The van der Waals surface area contributed by atoms with Gasteiger partial charge in [-0.1, -0.05) is 0 Å². The molecule has 0 amide bonds. The Kier molecular flexibility index (Phi) is 5.93. The third kappa shape index (κ3) is 5.02. The van der Waals surface area contributed by atoms with Gasteiger partial charge in [-0.15, -0.1) is 0 Å². The maximum atomic E-state index is 5.56. The smallest absolute Gasteiger partial charge is 0.321 e. The highest BCUT2D eigenvalue weighted by molar-refractivity contribution is 5.32. The molecule has 0 aliphatic heterocycles. The molecule has 0 atom stereocenters. The number of hydrogen-bond donors (Lipinski definition) is 1. The molecule has 1 aromatic heterocycles. The minimum absolute atomic E-state index is 0.320. The van der Waals surface area contributed by atoms with Crippen molar-refractivity contribution in [2.24, 2.45) is 0 Å². The van der Waals surface area contributed by atoms with E-state index in [9.17, 15) is 0 Å². The third-order valence-corrected chi connectivity index (χ3v) is 2.76. The molecule has 1 aromatic carbocycles. The van der Waals surface area contributed by atoms with Gasteiger partial charge in [0.2, 0.25) is 0 Å². The predicted molar refractivity (Wildman–Crippen MR) is 78.7 cm³/mol. The molecule has 0 saturated carbocycles. The molecule has 1 N–H and O–H groups in total. The van der Waals surface area contributed by atoms with Crippen molar-refractivity contribution >= 4 is 0 Å². The summed E-state index contributed by atoms with van der Waals surface area (Å²) in [5.74, 6) is 1.45. The first-order chi connectivity index (χ1) is 10.3. The van der Waals surface area contributed by atoms with Crippen molar-refractivity contribution in [3.05, 3.63) is 42.2 Å². The van der Waals surface area contributed by atoms with Crippen LogP contribution in [0, 0.1) is 0 Å². The van der Waals surface area contributed by atoms with E-state index in [0.717, 1.165) is 17.9 Å². The predicted octanol–water partition coefficient (Wildman–Crippen LogP) is 2.01. The van der Waals surface area contributed by atoms with E-state index >= 15 is 0 Å². The van der Waals surface area contributed by atoms with Crippen LogP contribution in [0.3, 0.4) is 0 Å². The van der Waals surface area contributed by atoms with Gasteiger partial charge < -0.3 is 19.5 Å². The first kappa shape index (κ1) is 15.2. The van der Waals surface area contributed by atoms with Gasteiger partial charge in [0.15, 0.2) is 0 Å². The largest absolute Gasteiger partial charge is 0.497 e. The van der Waals surface area contributed by atoms with Crippen LogP contribution in [0.4, 0.5) is 0 Å². The number of benzene rings is 1. The average molecular weight is 289 g/mol. The molecule has 2 rings (SSSR count). The Bertz CT molecular complexity index is 529. The van der Waals surface area contributed by atoms with E-state index < -0.39 is 0 Å². The van der Waals surface area contributed by atoms with Gasteiger partial charge in [0.1, 0.15) is 11.5 Å². The minimum Gasteiger partial charge on any atom is -0.497 e. The van der Waals surface area contributed by atoms with Gasteiger partial charge in [-0.3, -0.25) is 0 Å². The standard InChI is InChI=1S/C15H19N3O3/c1-19-8-7-16-9-12-10-17-15(18-11-12)21-14-5-3-13(20-2)4-6-14/h3-6,10-11,16H,7-9H2,1-2H3. The van der Waals surface area contributed by atoms with E-state index in [2.05, 4.69) is 15.3 Å². The molecule has 0 aliphatic carbocycles. The molecular weight excluding hydrogens is 270 g/mol. The lowest BCUT2D eigenvalue weighted by molar-refractivity contribution is 0.199. The van der Waals surface area contributed by atoms with Gasteiger partial charge in [0, 0.05) is 38.2 Å². The summed E-state index contributed by atoms with van der Waals surface area (Å²) in [6, 6.07) is 7.58. The van der Waals surface area contributed by atoms with Crippen molar-refractivity contribution in [2.45, 2.75) is 6.54 Å². The fraction of sp³-hybridized carbons (Fsp3) is 0.333.